The molecule has 7 heteroatoms. The van der Waals surface area contributed by atoms with Gasteiger partial charge in [-0.2, -0.15) is 0 Å². The lowest BCUT2D eigenvalue weighted by Gasteiger charge is -2.20. The summed E-state index contributed by atoms with van der Waals surface area (Å²) in [6.45, 7) is 6.77. The summed E-state index contributed by atoms with van der Waals surface area (Å²) >= 11 is 0. The molecule has 0 aliphatic rings. The molecule has 2 amide bonds. The van der Waals surface area contributed by atoms with Gasteiger partial charge < -0.3 is 19.8 Å². The van der Waals surface area contributed by atoms with Crippen LogP contribution in [0.3, 0.4) is 0 Å². The number of rotatable bonds is 7. The van der Waals surface area contributed by atoms with E-state index in [2.05, 4.69) is 10.6 Å². The highest BCUT2D eigenvalue weighted by molar-refractivity contribution is 5.94. The molecule has 1 rings (SSSR count). The summed E-state index contributed by atoms with van der Waals surface area (Å²) in [5.41, 5.74) is 0. The molecule has 0 aromatic carbocycles. The van der Waals surface area contributed by atoms with E-state index in [1.54, 1.807) is 33.8 Å². The molecule has 122 valence electrons. The van der Waals surface area contributed by atoms with Crippen LogP contribution in [0.2, 0.25) is 0 Å². The Balaban J connectivity index is 2.57. The highest BCUT2D eigenvalue weighted by Gasteiger charge is 2.27. The molecule has 0 saturated heterocycles. The zero-order chi connectivity index (χ0) is 16.7. The van der Waals surface area contributed by atoms with Gasteiger partial charge in [0.1, 0.15) is 6.04 Å². The van der Waals surface area contributed by atoms with E-state index in [0.29, 0.717) is 0 Å². The monoisotopic (exact) mass is 310 g/mol. The number of ether oxygens (including phenoxy) is 1. The Morgan fingerprint density at radius 3 is 2.36 bits per heavy atom. The normalized spacial score (nSPS) is 12.1. The van der Waals surface area contributed by atoms with Crippen molar-refractivity contribution in [1.29, 1.82) is 0 Å². The molecular weight excluding hydrogens is 288 g/mol. The van der Waals surface area contributed by atoms with Gasteiger partial charge in [0, 0.05) is 6.04 Å². The molecule has 0 radical (unpaired) electrons. The highest BCUT2D eigenvalue weighted by atomic mass is 16.5. The van der Waals surface area contributed by atoms with E-state index in [0.717, 1.165) is 0 Å². The van der Waals surface area contributed by atoms with E-state index < -0.39 is 17.9 Å². The number of furan rings is 1. The summed E-state index contributed by atoms with van der Waals surface area (Å²) in [6, 6.07) is 2.18. The lowest BCUT2D eigenvalue weighted by Crippen LogP contribution is -2.46. The Kier molecular flexibility index (Phi) is 6.62. The molecule has 0 spiro atoms. The first-order chi connectivity index (χ1) is 10.3. The van der Waals surface area contributed by atoms with Crippen molar-refractivity contribution in [2.24, 2.45) is 5.92 Å². The number of carbonyl (C=O) groups excluding carboxylic acids is 3. The maximum absolute atomic E-state index is 12.0. The van der Waals surface area contributed by atoms with E-state index >= 15 is 0 Å². The second-order valence-corrected chi connectivity index (χ2v) is 5.50. The van der Waals surface area contributed by atoms with Gasteiger partial charge in [0.25, 0.3) is 11.8 Å². The minimum absolute atomic E-state index is 0.0363. The predicted octanol–water partition coefficient (Wildman–Crippen LogP) is 1.10. The van der Waals surface area contributed by atoms with Crippen LogP contribution in [0.25, 0.3) is 0 Å². The summed E-state index contributed by atoms with van der Waals surface area (Å²) < 4.78 is 9.92. The van der Waals surface area contributed by atoms with Crippen LogP contribution in [0, 0.1) is 5.92 Å². The summed E-state index contributed by atoms with van der Waals surface area (Å²) in [5, 5.41) is 5.16. The first-order valence-corrected chi connectivity index (χ1v) is 7.11. The fourth-order valence-electron chi connectivity index (χ4n) is 1.71. The van der Waals surface area contributed by atoms with E-state index in [1.807, 2.05) is 0 Å². The molecule has 0 bridgehead atoms. The van der Waals surface area contributed by atoms with Gasteiger partial charge in [0.05, 0.1) is 6.26 Å². The third kappa shape index (κ3) is 5.59. The Hall–Kier alpha value is -2.31. The maximum atomic E-state index is 12.0. The van der Waals surface area contributed by atoms with Gasteiger partial charge in [0.2, 0.25) is 0 Å². The second-order valence-electron chi connectivity index (χ2n) is 5.50. The van der Waals surface area contributed by atoms with Crippen LogP contribution in [-0.4, -0.2) is 36.5 Å². The SMILES string of the molecule is CC(C)NC(=O)COC(=O)[C@@H](NC(=O)c1ccco1)C(C)C. The molecule has 1 heterocycles. The molecule has 1 aromatic rings. The van der Waals surface area contributed by atoms with Gasteiger partial charge in [-0.15, -0.1) is 0 Å². The van der Waals surface area contributed by atoms with Crippen LogP contribution in [0.1, 0.15) is 38.2 Å². The molecule has 0 saturated carbocycles. The average Bonchev–Trinajstić information content (AvgIpc) is 2.95. The minimum atomic E-state index is -0.857. The first-order valence-electron chi connectivity index (χ1n) is 7.11. The van der Waals surface area contributed by atoms with Gasteiger partial charge in [-0.3, -0.25) is 9.59 Å². The Morgan fingerprint density at radius 2 is 1.86 bits per heavy atom. The van der Waals surface area contributed by atoms with Crippen molar-refractivity contribution in [2.45, 2.75) is 39.8 Å². The lowest BCUT2D eigenvalue weighted by molar-refractivity contribution is -0.151. The fourth-order valence-corrected chi connectivity index (χ4v) is 1.71. The van der Waals surface area contributed by atoms with Crippen molar-refractivity contribution >= 4 is 17.8 Å². The Morgan fingerprint density at radius 1 is 1.18 bits per heavy atom. The topological polar surface area (TPSA) is 97.6 Å². The van der Waals surface area contributed by atoms with E-state index in [4.69, 9.17) is 9.15 Å². The van der Waals surface area contributed by atoms with Crippen LogP contribution in [0.5, 0.6) is 0 Å². The molecule has 0 aliphatic carbocycles. The number of hydrogen-bond donors (Lipinski definition) is 2. The third-order valence-corrected chi connectivity index (χ3v) is 2.75. The molecule has 2 N–H and O–H groups in total. The molecule has 0 fully saturated rings. The van der Waals surface area contributed by atoms with Crippen LogP contribution in [0.15, 0.2) is 22.8 Å². The summed E-state index contributed by atoms with van der Waals surface area (Å²) in [6.07, 6.45) is 1.37. The summed E-state index contributed by atoms with van der Waals surface area (Å²) in [5.74, 6) is -1.64. The van der Waals surface area contributed by atoms with E-state index in [-0.39, 0.29) is 30.2 Å². The maximum Gasteiger partial charge on any atom is 0.329 e. The molecular formula is C15H22N2O5. The van der Waals surface area contributed by atoms with Gasteiger partial charge in [-0.1, -0.05) is 13.8 Å². The van der Waals surface area contributed by atoms with Crippen LogP contribution in [-0.2, 0) is 14.3 Å². The minimum Gasteiger partial charge on any atom is -0.459 e. The van der Waals surface area contributed by atoms with Crippen LogP contribution in [0.4, 0.5) is 0 Å². The number of esters is 1. The zero-order valence-corrected chi connectivity index (χ0v) is 13.2. The van der Waals surface area contributed by atoms with Crippen molar-refractivity contribution in [3.8, 4) is 0 Å². The number of amides is 2. The molecule has 7 nitrogen and oxygen atoms in total. The predicted molar refractivity (Wildman–Crippen MR) is 79.0 cm³/mol. The quantitative estimate of drug-likeness (QED) is 0.735. The number of carbonyl (C=O) groups is 3. The van der Waals surface area contributed by atoms with Gasteiger partial charge in [-0.05, 0) is 31.9 Å². The van der Waals surface area contributed by atoms with Crippen molar-refractivity contribution < 1.29 is 23.5 Å². The van der Waals surface area contributed by atoms with Crippen molar-refractivity contribution in [3.05, 3.63) is 24.2 Å². The smallest absolute Gasteiger partial charge is 0.329 e. The highest BCUT2D eigenvalue weighted by Crippen LogP contribution is 2.07. The first kappa shape index (κ1) is 17.7. The van der Waals surface area contributed by atoms with Crippen molar-refractivity contribution in [3.63, 3.8) is 0 Å². The lowest BCUT2D eigenvalue weighted by atomic mass is 10.0. The Labute approximate surface area is 129 Å². The van der Waals surface area contributed by atoms with Gasteiger partial charge in [0.15, 0.2) is 12.4 Å². The van der Waals surface area contributed by atoms with Crippen molar-refractivity contribution in [2.75, 3.05) is 6.61 Å². The second kappa shape index (κ2) is 8.21. The summed E-state index contributed by atoms with van der Waals surface area (Å²) in [4.78, 5) is 35.4. The number of hydrogen-bond acceptors (Lipinski definition) is 5. The molecule has 22 heavy (non-hydrogen) atoms. The summed E-state index contributed by atoms with van der Waals surface area (Å²) in [7, 11) is 0. The van der Waals surface area contributed by atoms with Crippen LogP contribution >= 0.6 is 0 Å². The van der Waals surface area contributed by atoms with Gasteiger partial charge in [-0.25, -0.2) is 4.79 Å². The van der Waals surface area contributed by atoms with Crippen LogP contribution < -0.4 is 10.6 Å². The fraction of sp³-hybridized carbons (Fsp3) is 0.533. The van der Waals surface area contributed by atoms with Gasteiger partial charge >= 0.3 is 5.97 Å². The van der Waals surface area contributed by atoms with Crippen molar-refractivity contribution in [1.82, 2.24) is 10.6 Å². The zero-order valence-electron chi connectivity index (χ0n) is 13.2. The standard InChI is InChI=1S/C15H22N2O5/c1-9(2)13(17-14(19)11-6-5-7-21-11)15(20)22-8-12(18)16-10(3)4/h5-7,9-10,13H,8H2,1-4H3,(H,16,18)(H,17,19)/t13-/m0/s1. The molecule has 1 aromatic heterocycles. The van der Waals surface area contributed by atoms with E-state index in [9.17, 15) is 14.4 Å². The molecule has 1 atom stereocenters. The third-order valence-electron chi connectivity index (χ3n) is 2.75. The average molecular weight is 310 g/mol. The molecule has 0 unspecified atom stereocenters. The molecule has 0 aliphatic heterocycles. The number of nitrogens with one attached hydrogen (secondary N) is 2. The van der Waals surface area contributed by atoms with E-state index in [1.165, 1.54) is 12.3 Å². The Bertz CT molecular complexity index is 508. The largest absolute Gasteiger partial charge is 0.459 e.